The van der Waals surface area contributed by atoms with E-state index in [-0.39, 0.29) is 11.9 Å². The molecular formula is C11H15N5O. The molecule has 3 N–H and O–H groups in total. The van der Waals surface area contributed by atoms with Crippen molar-refractivity contribution in [3.05, 3.63) is 36.2 Å². The topological polar surface area (TPSA) is 86.5 Å². The minimum Gasteiger partial charge on any atom is -0.347 e. The maximum atomic E-state index is 11.8. The van der Waals surface area contributed by atoms with Crippen LogP contribution in [-0.4, -0.2) is 26.1 Å². The molecule has 6 heteroatoms. The summed E-state index contributed by atoms with van der Waals surface area (Å²) in [7, 11) is 0. The SMILES string of the molecule is CCC(NC(=O)Cc1ccn[nH]1)c1ncc[nH]1. The molecule has 1 amide bonds. The van der Waals surface area contributed by atoms with E-state index >= 15 is 0 Å². The molecule has 0 aromatic carbocycles. The summed E-state index contributed by atoms with van der Waals surface area (Å²) in [4.78, 5) is 18.9. The van der Waals surface area contributed by atoms with E-state index in [4.69, 9.17) is 0 Å². The number of aromatic amines is 2. The fraction of sp³-hybridized carbons (Fsp3) is 0.364. The Hall–Kier alpha value is -2.11. The molecule has 17 heavy (non-hydrogen) atoms. The number of aromatic nitrogens is 4. The van der Waals surface area contributed by atoms with Gasteiger partial charge in [0.1, 0.15) is 5.82 Å². The zero-order valence-electron chi connectivity index (χ0n) is 9.60. The van der Waals surface area contributed by atoms with Crippen LogP contribution in [0.25, 0.3) is 0 Å². The van der Waals surface area contributed by atoms with Crippen LogP contribution in [0.15, 0.2) is 24.7 Å². The first-order valence-electron chi connectivity index (χ1n) is 5.56. The molecule has 0 saturated heterocycles. The van der Waals surface area contributed by atoms with Crippen molar-refractivity contribution in [3.63, 3.8) is 0 Å². The van der Waals surface area contributed by atoms with E-state index in [1.54, 1.807) is 24.7 Å². The van der Waals surface area contributed by atoms with Gasteiger partial charge in [0.25, 0.3) is 0 Å². The fourth-order valence-corrected chi connectivity index (χ4v) is 1.63. The molecular weight excluding hydrogens is 218 g/mol. The molecule has 0 aliphatic heterocycles. The van der Waals surface area contributed by atoms with E-state index in [0.29, 0.717) is 6.42 Å². The lowest BCUT2D eigenvalue weighted by atomic mass is 10.2. The molecule has 1 unspecified atom stereocenters. The number of nitrogens with one attached hydrogen (secondary N) is 3. The molecule has 0 radical (unpaired) electrons. The molecule has 2 aromatic heterocycles. The Kier molecular flexibility index (Phi) is 3.54. The van der Waals surface area contributed by atoms with Crippen LogP contribution in [0.3, 0.4) is 0 Å². The maximum Gasteiger partial charge on any atom is 0.226 e. The Balaban J connectivity index is 1.93. The molecule has 0 saturated carbocycles. The predicted octanol–water partition coefficient (Wildman–Crippen LogP) is 0.943. The number of hydrogen-bond acceptors (Lipinski definition) is 3. The van der Waals surface area contributed by atoms with Crippen molar-refractivity contribution in [2.24, 2.45) is 0 Å². The Morgan fingerprint density at radius 3 is 3.00 bits per heavy atom. The number of imidazole rings is 1. The van der Waals surface area contributed by atoms with Gasteiger partial charge in [-0.05, 0) is 12.5 Å². The minimum absolute atomic E-state index is 0.0440. The van der Waals surface area contributed by atoms with Gasteiger partial charge < -0.3 is 10.3 Å². The van der Waals surface area contributed by atoms with E-state index in [0.717, 1.165) is 17.9 Å². The Morgan fingerprint density at radius 2 is 2.41 bits per heavy atom. The van der Waals surface area contributed by atoms with Crippen LogP contribution in [-0.2, 0) is 11.2 Å². The molecule has 2 rings (SSSR count). The lowest BCUT2D eigenvalue weighted by Crippen LogP contribution is -2.30. The van der Waals surface area contributed by atoms with E-state index in [1.165, 1.54) is 0 Å². The number of nitrogens with zero attached hydrogens (tertiary/aromatic N) is 2. The van der Waals surface area contributed by atoms with Crippen molar-refractivity contribution in [2.75, 3.05) is 0 Å². The highest BCUT2D eigenvalue weighted by molar-refractivity contribution is 5.78. The first-order valence-corrected chi connectivity index (χ1v) is 5.56. The van der Waals surface area contributed by atoms with Gasteiger partial charge in [0.15, 0.2) is 0 Å². The van der Waals surface area contributed by atoms with Gasteiger partial charge in [-0.25, -0.2) is 4.98 Å². The molecule has 6 nitrogen and oxygen atoms in total. The van der Waals surface area contributed by atoms with Gasteiger partial charge in [0.2, 0.25) is 5.91 Å². The van der Waals surface area contributed by atoms with Crippen molar-refractivity contribution in [1.82, 2.24) is 25.5 Å². The van der Waals surface area contributed by atoms with Gasteiger partial charge in [0.05, 0.1) is 12.5 Å². The summed E-state index contributed by atoms with van der Waals surface area (Å²) in [6.07, 6.45) is 6.16. The molecule has 90 valence electrons. The summed E-state index contributed by atoms with van der Waals surface area (Å²) < 4.78 is 0. The van der Waals surface area contributed by atoms with Crippen LogP contribution in [0.4, 0.5) is 0 Å². The van der Waals surface area contributed by atoms with Crippen LogP contribution in [0.2, 0.25) is 0 Å². The highest BCUT2D eigenvalue weighted by Crippen LogP contribution is 2.11. The smallest absolute Gasteiger partial charge is 0.226 e. The monoisotopic (exact) mass is 233 g/mol. The normalized spacial score (nSPS) is 12.3. The summed E-state index contributed by atoms with van der Waals surface area (Å²) in [6, 6.07) is 1.72. The molecule has 1 atom stereocenters. The average molecular weight is 233 g/mol. The second-order valence-electron chi connectivity index (χ2n) is 3.76. The number of hydrogen-bond donors (Lipinski definition) is 3. The summed E-state index contributed by atoms with van der Waals surface area (Å²) in [5.41, 5.74) is 0.803. The molecule has 0 bridgehead atoms. The summed E-state index contributed by atoms with van der Waals surface area (Å²) >= 11 is 0. The van der Waals surface area contributed by atoms with Crippen LogP contribution in [0.5, 0.6) is 0 Å². The second kappa shape index (κ2) is 5.29. The van der Waals surface area contributed by atoms with Crippen molar-refractivity contribution < 1.29 is 4.79 Å². The maximum absolute atomic E-state index is 11.8. The highest BCUT2D eigenvalue weighted by atomic mass is 16.1. The van der Waals surface area contributed by atoms with Gasteiger partial charge in [-0.3, -0.25) is 9.89 Å². The van der Waals surface area contributed by atoms with E-state index < -0.39 is 0 Å². The van der Waals surface area contributed by atoms with E-state index in [1.807, 2.05) is 6.92 Å². The number of H-pyrrole nitrogens is 2. The fourth-order valence-electron chi connectivity index (χ4n) is 1.63. The van der Waals surface area contributed by atoms with Crippen molar-refractivity contribution in [3.8, 4) is 0 Å². The Bertz CT molecular complexity index is 448. The first-order chi connectivity index (χ1) is 8.29. The summed E-state index contributed by atoms with van der Waals surface area (Å²) in [6.45, 7) is 2.00. The molecule has 2 heterocycles. The van der Waals surface area contributed by atoms with Crippen molar-refractivity contribution in [1.29, 1.82) is 0 Å². The molecule has 2 aromatic rings. The lowest BCUT2D eigenvalue weighted by molar-refractivity contribution is -0.121. The Morgan fingerprint density at radius 1 is 1.53 bits per heavy atom. The van der Waals surface area contributed by atoms with Crippen LogP contribution >= 0.6 is 0 Å². The standard InChI is InChI=1S/C11H15N5O/c1-2-9(11-12-5-6-13-11)15-10(17)7-8-3-4-14-16-8/h3-6,9H,2,7H2,1H3,(H,12,13)(H,14,16)(H,15,17). The number of rotatable bonds is 5. The van der Waals surface area contributed by atoms with E-state index in [9.17, 15) is 4.79 Å². The van der Waals surface area contributed by atoms with Gasteiger partial charge in [-0.2, -0.15) is 5.10 Å². The summed E-state index contributed by atoms with van der Waals surface area (Å²) in [5, 5.41) is 9.49. The van der Waals surface area contributed by atoms with E-state index in [2.05, 4.69) is 25.5 Å². The lowest BCUT2D eigenvalue weighted by Gasteiger charge is -2.14. The minimum atomic E-state index is -0.0691. The molecule has 0 fully saturated rings. The largest absolute Gasteiger partial charge is 0.347 e. The average Bonchev–Trinajstić information content (AvgIpc) is 2.97. The van der Waals surface area contributed by atoms with Crippen LogP contribution < -0.4 is 5.32 Å². The third kappa shape index (κ3) is 2.93. The quantitative estimate of drug-likeness (QED) is 0.718. The van der Waals surface area contributed by atoms with Gasteiger partial charge in [-0.15, -0.1) is 0 Å². The molecule has 0 aliphatic carbocycles. The molecule has 0 spiro atoms. The Labute approximate surface area is 98.9 Å². The zero-order valence-corrected chi connectivity index (χ0v) is 9.60. The number of amides is 1. The highest BCUT2D eigenvalue weighted by Gasteiger charge is 2.14. The zero-order chi connectivity index (χ0) is 12.1. The summed E-state index contributed by atoms with van der Waals surface area (Å²) in [5.74, 6) is 0.739. The number of carbonyl (C=O) groups excluding carboxylic acids is 1. The third-order valence-electron chi connectivity index (χ3n) is 2.50. The van der Waals surface area contributed by atoms with Crippen LogP contribution in [0, 0.1) is 0 Å². The van der Waals surface area contributed by atoms with Crippen LogP contribution in [0.1, 0.15) is 30.9 Å². The van der Waals surface area contributed by atoms with Crippen molar-refractivity contribution in [2.45, 2.75) is 25.8 Å². The third-order valence-corrected chi connectivity index (χ3v) is 2.50. The van der Waals surface area contributed by atoms with Crippen molar-refractivity contribution >= 4 is 5.91 Å². The van der Waals surface area contributed by atoms with Gasteiger partial charge >= 0.3 is 0 Å². The second-order valence-corrected chi connectivity index (χ2v) is 3.76. The number of carbonyl (C=O) groups is 1. The first kappa shape index (κ1) is 11.4. The van der Waals surface area contributed by atoms with Gasteiger partial charge in [-0.1, -0.05) is 6.92 Å². The molecule has 0 aliphatic rings. The predicted molar refractivity (Wildman–Crippen MR) is 62.1 cm³/mol. The van der Waals surface area contributed by atoms with Gasteiger partial charge in [0, 0.05) is 24.3 Å².